The van der Waals surface area contributed by atoms with Crippen LogP contribution < -0.4 is 9.80 Å². The van der Waals surface area contributed by atoms with Crippen molar-refractivity contribution in [3.63, 3.8) is 0 Å². The Balaban J connectivity index is 1.81. The molecule has 0 aromatic carbocycles. The minimum atomic E-state index is -0.693. The minimum absolute atomic E-state index is 0.195. The molecule has 1 aliphatic rings. The summed E-state index contributed by atoms with van der Waals surface area (Å²) in [5.41, 5.74) is 0. The van der Waals surface area contributed by atoms with Gasteiger partial charge in [-0.05, 0) is 39.8 Å². The molecular formula is C18H26N6O2. The number of hydrogen-bond donors (Lipinski definition) is 2. The lowest BCUT2D eigenvalue weighted by Crippen LogP contribution is -2.57. The number of aliphatic hydroxyl groups excluding tert-OH is 2. The fourth-order valence-electron chi connectivity index (χ4n) is 3.41. The average molecular weight is 358 g/mol. The molecule has 8 heteroatoms. The first-order chi connectivity index (χ1) is 12.4. The van der Waals surface area contributed by atoms with Crippen LogP contribution in [0.4, 0.5) is 11.6 Å². The summed E-state index contributed by atoms with van der Waals surface area (Å²) >= 11 is 0. The van der Waals surface area contributed by atoms with Crippen molar-refractivity contribution in [1.82, 2.24) is 19.9 Å². The molecule has 3 rings (SSSR count). The van der Waals surface area contributed by atoms with Crippen molar-refractivity contribution in [3.05, 3.63) is 36.2 Å². The molecule has 1 saturated heterocycles. The summed E-state index contributed by atoms with van der Waals surface area (Å²) in [7, 11) is 0. The SMILES string of the molecule is CC1CN(c2ccnc([C@H](C)O)n2)C[C@@H](C)N1c1ccnc([C@@H](C)O)n1. The van der Waals surface area contributed by atoms with Crippen LogP contribution in [0.3, 0.4) is 0 Å². The van der Waals surface area contributed by atoms with Gasteiger partial charge in [0.25, 0.3) is 0 Å². The van der Waals surface area contributed by atoms with Crippen LogP contribution in [0.15, 0.2) is 24.5 Å². The topological polar surface area (TPSA) is 98.5 Å². The van der Waals surface area contributed by atoms with E-state index in [0.29, 0.717) is 11.6 Å². The van der Waals surface area contributed by atoms with Gasteiger partial charge < -0.3 is 20.0 Å². The van der Waals surface area contributed by atoms with Gasteiger partial charge in [0.05, 0.1) is 0 Å². The molecule has 8 nitrogen and oxygen atoms in total. The second-order valence-electron chi connectivity index (χ2n) is 6.91. The van der Waals surface area contributed by atoms with E-state index in [1.54, 1.807) is 26.2 Å². The number of hydrogen-bond acceptors (Lipinski definition) is 8. The first-order valence-corrected chi connectivity index (χ1v) is 8.92. The predicted octanol–water partition coefficient (Wildman–Crippen LogP) is 1.48. The van der Waals surface area contributed by atoms with Gasteiger partial charge in [0.2, 0.25) is 0 Å². The van der Waals surface area contributed by atoms with E-state index in [1.807, 2.05) is 12.1 Å². The van der Waals surface area contributed by atoms with Crippen molar-refractivity contribution in [1.29, 1.82) is 0 Å². The third-order valence-electron chi connectivity index (χ3n) is 4.57. The number of anilines is 2. The average Bonchev–Trinajstić information content (AvgIpc) is 2.61. The van der Waals surface area contributed by atoms with Crippen molar-refractivity contribution < 1.29 is 10.2 Å². The largest absolute Gasteiger partial charge is 0.385 e. The molecule has 0 aliphatic carbocycles. The van der Waals surface area contributed by atoms with E-state index in [4.69, 9.17) is 0 Å². The van der Waals surface area contributed by atoms with Gasteiger partial charge in [-0.3, -0.25) is 0 Å². The lowest BCUT2D eigenvalue weighted by atomic mass is 10.1. The summed E-state index contributed by atoms with van der Waals surface area (Å²) in [5.74, 6) is 2.51. The quantitative estimate of drug-likeness (QED) is 0.848. The van der Waals surface area contributed by atoms with E-state index in [0.717, 1.165) is 24.7 Å². The predicted molar refractivity (Wildman–Crippen MR) is 98.9 cm³/mol. The number of rotatable bonds is 4. The van der Waals surface area contributed by atoms with Gasteiger partial charge in [0.1, 0.15) is 23.8 Å². The van der Waals surface area contributed by atoms with Crippen LogP contribution in [0.5, 0.6) is 0 Å². The van der Waals surface area contributed by atoms with Gasteiger partial charge in [-0.2, -0.15) is 0 Å². The second-order valence-corrected chi connectivity index (χ2v) is 6.91. The van der Waals surface area contributed by atoms with Gasteiger partial charge >= 0.3 is 0 Å². The van der Waals surface area contributed by atoms with Crippen LogP contribution in [0.2, 0.25) is 0 Å². The van der Waals surface area contributed by atoms with Crippen LogP contribution in [-0.2, 0) is 0 Å². The maximum atomic E-state index is 9.75. The zero-order valence-corrected chi connectivity index (χ0v) is 15.6. The monoisotopic (exact) mass is 358 g/mol. The Morgan fingerprint density at radius 1 is 0.885 bits per heavy atom. The normalized spacial score (nSPS) is 23.0. The van der Waals surface area contributed by atoms with E-state index >= 15 is 0 Å². The summed E-state index contributed by atoms with van der Waals surface area (Å²) in [5, 5.41) is 19.5. The molecule has 0 amide bonds. The van der Waals surface area contributed by atoms with Crippen LogP contribution in [0.1, 0.15) is 51.6 Å². The Morgan fingerprint density at radius 2 is 1.35 bits per heavy atom. The van der Waals surface area contributed by atoms with Crippen LogP contribution in [0, 0.1) is 0 Å². The maximum Gasteiger partial charge on any atom is 0.158 e. The third-order valence-corrected chi connectivity index (χ3v) is 4.57. The standard InChI is InChI=1S/C18H26N6O2/c1-11-9-23(15-5-7-19-17(21-15)13(3)25)10-12(2)24(11)16-6-8-20-18(22-16)14(4)26/h5-8,11-14,25-26H,9-10H2,1-4H3/t11-,12?,13+,14-/m1/s1. The van der Waals surface area contributed by atoms with Crippen molar-refractivity contribution >= 4 is 11.6 Å². The van der Waals surface area contributed by atoms with Gasteiger partial charge in [-0.1, -0.05) is 0 Å². The number of aromatic nitrogens is 4. The molecule has 2 aromatic heterocycles. The lowest BCUT2D eigenvalue weighted by Gasteiger charge is -2.45. The third kappa shape index (κ3) is 3.76. The first-order valence-electron chi connectivity index (χ1n) is 8.92. The van der Waals surface area contributed by atoms with Crippen molar-refractivity contribution in [2.24, 2.45) is 0 Å². The van der Waals surface area contributed by atoms with Gasteiger partial charge in [0.15, 0.2) is 11.6 Å². The molecule has 1 fully saturated rings. The molecule has 0 spiro atoms. The summed E-state index contributed by atoms with van der Waals surface area (Å²) in [6, 6.07) is 4.14. The molecule has 0 radical (unpaired) electrons. The van der Waals surface area contributed by atoms with E-state index in [2.05, 4.69) is 43.6 Å². The van der Waals surface area contributed by atoms with Crippen LogP contribution in [0.25, 0.3) is 0 Å². The minimum Gasteiger partial charge on any atom is -0.385 e. The smallest absolute Gasteiger partial charge is 0.158 e. The maximum absolute atomic E-state index is 9.75. The zero-order valence-electron chi connectivity index (χ0n) is 15.6. The lowest BCUT2D eigenvalue weighted by molar-refractivity contribution is 0.188. The van der Waals surface area contributed by atoms with Gasteiger partial charge in [-0.15, -0.1) is 0 Å². The fourth-order valence-corrected chi connectivity index (χ4v) is 3.41. The van der Waals surface area contributed by atoms with Crippen molar-refractivity contribution in [2.75, 3.05) is 22.9 Å². The molecule has 1 aliphatic heterocycles. The number of aliphatic hydroxyl groups is 2. The Morgan fingerprint density at radius 3 is 1.85 bits per heavy atom. The van der Waals surface area contributed by atoms with E-state index in [-0.39, 0.29) is 12.1 Å². The molecular weight excluding hydrogens is 332 g/mol. The van der Waals surface area contributed by atoms with E-state index in [9.17, 15) is 10.2 Å². The molecule has 26 heavy (non-hydrogen) atoms. The van der Waals surface area contributed by atoms with E-state index in [1.165, 1.54) is 0 Å². The van der Waals surface area contributed by atoms with Gasteiger partial charge in [0, 0.05) is 37.6 Å². The molecule has 0 bridgehead atoms. The number of nitrogens with zero attached hydrogens (tertiary/aromatic N) is 6. The summed E-state index contributed by atoms with van der Waals surface area (Å²) in [6.45, 7) is 9.16. The first kappa shape index (κ1) is 18.5. The Labute approximate surface area is 153 Å². The zero-order chi connectivity index (χ0) is 18.8. The number of piperazine rings is 1. The molecule has 2 N–H and O–H groups in total. The van der Waals surface area contributed by atoms with Crippen LogP contribution >= 0.6 is 0 Å². The molecule has 3 heterocycles. The summed E-state index contributed by atoms with van der Waals surface area (Å²) < 4.78 is 0. The second kappa shape index (κ2) is 7.51. The van der Waals surface area contributed by atoms with Crippen LogP contribution in [-0.4, -0.2) is 55.3 Å². The Kier molecular flexibility index (Phi) is 5.33. The van der Waals surface area contributed by atoms with Crippen molar-refractivity contribution in [2.45, 2.75) is 52.0 Å². The molecule has 140 valence electrons. The molecule has 0 saturated carbocycles. The highest BCUT2D eigenvalue weighted by molar-refractivity contribution is 5.47. The van der Waals surface area contributed by atoms with Gasteiger partial charge in [-0.25, -0.2) is 19.9 Å². The van der Waals surface area contributed by atoms with Crippen molar-refractivity contribution in [3.8, 4) is 0 Å². The Hall–Kier alpha value is -2.32. The van der Waals surface area contributed by atoms with E-state index < -0.39 is 12.2 Å². The summed E-state index contributed by atoms with van der Waals surface area (Å²) in [4.78, 5) is 21.7. The highest BCUT2D eigenvalue weighted by Gasteiger charge is 2.31. The fraction of sp³-hybridized carbons (Fsp3) is 0.556. The highest BCUT2D eigenvalue weighted by atomic mass is 16.3. The Bertz CT molecular complexity index is 742. The molecule has 1 unspecified atom stereocenters. The molecule has 2 aromatic rings. The highest BCUT2D eigenvalue weighted by Crippen LogP contribution is 2.26. The summed E-state index contributed by atoms with van der Waals surface area (Å²) in [6.07, 6.45) is 1.99. The molecule has 4 atom stereocenters.